The summed E-state index contributed by atoms with van der Waals surface area (Å²) in [5.74, 6) is 0. The first-order valence-electron chi connectivity index (χ1n) is 3.97. The predicted molar refractivity (Wildman–Crippen MR) is 44.6 cm³/mol. The molecule has 0 saturated carbocycles. The lowest BCUT2D eigenvalue weighted by atomic mass is 10.3. The molecule has 0 rings (SSSR count). The fourth-order valence-electron chi connectivity index (χ4n) is 0.594. The average Bonchev–Trinajstić information content (AvgIpc) is 1.97. The minimum atomic E-state index is 0.839. The van der Waals surface area contributed by atoms with E-state index < -0.39 is 0 Å². The second kappa shape index (κ2) is 8.54. The molecule has 1 nitrogen and oxygen atoms in total. The van der Waals surface area contributed by atoms with Crippen LogP contribution in [-0.4, -0.2) is 6.61 Å². The van der Waals surface area contributed by atoms with Crippen LogP contribution in [0.2, 0.25) is 0 Å². The molecule has 0 aromatic heterocycles. The first-order chi connectivity index (χ1) is 4.91. The molecule has 0 N–H and O–H groups in total. The zero-order chi connectivity index (χ0) is 7.66. The third-order valence-electron chi connectivity index (χ3n) is 1.19. The third kappa shape index (κ3) is 7.54. The summed E-state index contributed by atoms with van der Waals surface area (Å²) >= 11 is 0. The molecule has 0 amide bonds. The van der Waals surface area contributed by atoms with Crippen LogP contribution in [0.25, 0.3) is 0 Å². The lowest BCUT2D eigenvalue weighted by Gasteiger charge is -1.97. The fourth-order valence-corrected chi connectivity index (χ4v) is 0.594. The number of allylic oxidation sites excluding steroid dienone is 1. The molecule has 0 unspecified atom stereocenters. The zero-order valence-electron chi connectivity index (χ0n) is 6.81. The van der Waals surface area contributed by atoms with Crippen LogP contribution in [0, 0.1) is 6.92 Å². The van der Waals surface area contributed by atoms with Crippen molar-refractivity contribution in [1.29, 1.82) is 0 Å². The topological polar surface area (TPSA) is 9.23 Å². The highest BCUT2D eigenvalue weighted by molar-refractivity contribution is 4.70. The number of unbranched alkanes of at least 4 members (excludes halogenated alkanes) is 2. The molecule has 0 aliphatic heterocycles. The molecule has 0 aromatic carbocycles. The Morgan fingerprint density at radius 2 is 2.20 bits per heavy atom. The van der Waals surface area contributed by atoms with Crippen LogP contribution < -0.4 is 0 Å². The van der Waals surface area contributed by atoms with Crippen LogP contribution >= 0.6 is 0 Å². The van der Waals surface area contributed by atoms with Crippen LogP contribution in [0.4, 0.5) is 0 Å². The average molecular weight is 141 g/mol. The Morgan fingerprint density at radius 3 is 2.80 bits per heavy atom. The van der Waals surface area contributed by atoms with E-state index in [-0.39, 0.29) is 0 Å². The van der Waals surface area contributed by atoms with Crippen LogP contribution in [0.15, 0.2) is 12.3 Å². The van der Waals surface area contributed by atoms with Gasteiger partial charge in [-0.2, -0.15) is 0 Å². The van der Waals surface area contributed by atoms with Crippen molar-refractivity contribution in [2.45, 2.75) is 32.6 Å². The minimum Gasteiger partial charge on any atom is -0.502 e. The van der Waals surface area contributed by atoms with Gasteiger partial charge in [-0.05, 0) is 12.8 Å². The standard InChI is InChI=1S/C9H17O/c1-3-5-7-9-10-8-6-4-2/h6,8H,1,3-5,7,9H2,2H3. The van der Waals surface area contributed by atoms with Gasteiger partial charge in [0, 0.05) is 0 Å². The first-order valence-corrected chi connectivity index (χ1v) is 3.97. The Hall–Kier alpha value is -0.460. The van der Waals surface area contributed by atoms with Crippen LogP contribution in [-0.2, 0) is 4.74 Å². The highest BCUT2D eigenvalue weighted by atomic mass is 16.5. The van der Waals surface area contributed by atoms with Crippen molar-refractivity contribution in [2.24, 2.45) is 0 Å². The number of hydrogen-bond acceptors (Lipinski definition) is 1. The molecule has 0 fully saturated rings. The summed E-state index contributed by atoms with van der Waals surface area (Å²) < 4.78 is 5.17. The van der Waals surface area contributed by atoms with Gasteiger partial charge in [-0.15, -0.1) is 0 Å². The van der Waals surface area contributed by atoms with Crippen LogP contribution in [0.3, 0.4) is 0 Å². The molecular weight excluding hydrogens is 124 g/mol. The lowest BCUT2D eigenvalue weighted by molar-refractivity contribution is 0.241. The van der Waals surface area contributed by atoms with Gasteiger partial charge in [0.15, 0.2) is 0 Å². The maximum absolute atomic E-state index is 5.17. The Bertz CT molecular complexity index is 76.8. The molecule has 0 saturated heterocycles. The van der Waals surface area contributed by atoms with E-state index in [0.717, 1.165) is 25.9 Å². The van der Waals surface area contributed by atoms with Gasteiger partial charge in [-0.25, -0.2) is 0 Å². The summed E-state index contributed by atoms with van der Waals surface area (Å²) in [6.45, 7) is 6.68. The molecule has 0 aliphatic rings. The Labute approximate surface area is 64.1 Å². The van der Waals surface area contributed by atoms with E-state index in [2.05, 4.69) is 13.8 Å². The van der Waals surface area contributed by atoms with Crippen molar-refractivity contribution in [3.05, 3.63) is 19.3 Å². The summed E-state index contributed by atoms with van der Waals surface area (Å²) in [5.41, 5.74) is 0. The Balaban J connectivity index is 2.83. The van der Waals surface area contributed by atoms with Crippen molar-refractivity contribution >= 4 is 0 Å². The van der Waals surface area contributed by atoms with E-state index in [1.807, 2.05) is 6.08 Å². The molecule has 59 valence electrons. The SMILES string of the molecule is [CH2]CCCCOC=CCC. The second-order valence-electron chi connectivity index (χ2n) is 2.21. The predicted octanol–water partition coefficient (Wildman–Crippen LogP) is 2.93. The molecule has 0 bridgehead atoms. The summed E-state index contributed by atoms with van der Waals surface area (Å²) in [6, 6.07) is 0. The molecule has 0 spiro atoms. The maximum Gasteiger partial charge on any atom is 0.0873 e. The van der Waals surface area contributed by atoms with E-state index in [0.29, 0.717) is 0 Å². The Kier molecular flexibility index (Phi) is 8.15. The van der Waals surface area contributed by atoms with Gasteiger partial charge in [0.25, 0.3) is 0 Å². The molecule has 0 atom stereocenters. The molecular formula is C9H17O. The van der Waals surface area contributed by atoms with E-state index in [1.165, 1.54) is 6.42 Å². The largest absolute Gasteiger partial charge is 0.502 e. The monoisotopic (exact) mass is 141 g/mol. The zero-order valence-corrected chi connectivity index (χ0v) is 6.81. The van der Waals surface area contributed by atoms with Crippen molar-refractivity contribution in [3.63, 3.8) is 0 Å². The lowest BCUT2D eigenvalue weighted by Crippen LogP contribution is -1.85. The molecule has 0 aliphatic carbocycles. The maximum atomic E-state index is 5.17. The van der Waals surface area contributed by atoms with Gasteiger partial charge in [0.05, 0.1) is 12.9 Å². The van der Waals surface area contributed by atoms with Crippen molar-refractivity contribution in [2.75, 3.05) is 6.61 Å². The smallest absolute Gasteiger partial charge is 0.0873 e. The summed E-state index contributed by atoms with van der Waals surface area (Å²) in [6.07, 6.45) is 8.15. The molecule has 0 heterocycles. The summed E-state index contributed by atoms with van der Waals surface area (Å²) in [7, 11) is 0. The van der Waals surface area contributed by atoms with Gasteiger partial charge < -0.3 is 4.74 Å². The van der Waals surface area contributed by atoms with E-state index in [4.69, 9.17) is 4.74 Å². The van der Waals surface area contributed by atoms with Crippen LogP contribution in [0.1, 0.15) is 32.6 Å². The van der Waals surface area contributed by atoms with E-state index >= 15 is 0 Å². The summed E-state index contributed by atoms with van der Waals surface area (Å²) in [5, 5.41) is 0. The van der Waals surface area contributed by atoms with Gasteiger partial charge in [0.1, 0.15) is 0 Å². The van der Waals surface area contributed by atoms with E-state index in [9.17, 15) is 0 Å². The van der Waals surface area contributed by atoms with Gasteiger partial charge in [-0.3, -0.25) is 0 Å². The normalized spacial score (nSPS) is 10.6. The third-order valence-corrected chi connectivity index (χ3v) is 1.19. The van der Waals surface area contributed by atoms with E-state index in [1.54, 1.807) is 6.26 Å². The van der Waals surface area contributed by atoms with Gasteiger partial charge in [0.2, 0.25) is 0 Å². The Morgan fingerprint density at radius 1 is 1.40 bits per heavy atom. The van der Waals surface area contributed by atoms with Crippen molar-refractivity contribution in [3.8, 4) is 0 Å². The summed E-state index contributed by atoms with van der Waals surface area (Å²) in [4.78, 5) is 0. The van der Waals surface area contributed by atoms with Gasteiger partial charge in [-0.1, -0.05) is 32.8 Å². The molecule has 0 aromatic rings. The highest BCUT2D eigenvalue weighted by Gasteiger charge is 1.82. The molecule has 1 radical (unpaired) electrons. The van der Waals surface area contributed by atoms with Crippen molar-refractivity contribution < 1.29 is 4.74 Å². The second-order valence-corrected chi connectivity index (χ2v) is 2.21. The molecule has 10 heavy (non-hydrogen) atoms. The number of ether oxygens (including phenoxy) is 1. The minimum absolute atomic E-state index is 0.839. The quantitative estimate of drug-likeness (QED) is 0.408. The van der Waals surface area contributed by atoms with Crippen LogP contribution in [0.5, 0.6) is 0 Å². The highest BCUT2D eigenvalue weighted by Crippen LogP contribution is 1.94. The van der Waals surface area contributed by atoms with Gasteiger partial charge >= 0.3 is 0 Å². The first kappa shape index (κ1) is 9.54. The number of hydrogen-bond donors (Lipinski definition) is 0. The molecule has 1 heteroatoms. The number of rotatable bonds is 6. The fraction of sp³-hybridized carbons (Fsp3) is 0.667. The van der Waals surface area contributed by atoms with Crippen molar-refractivity contribution in [1.82, 2.24) is 0 Å².